The van der Waals surface area contributed by atoms with Crippen LogP contribution in [0.5, 0.6) is 0 Å². The van der Waals surface area contributed by atoms with Gasteiger partial charge in [0.2, 0.25) is 11.8 Å². The summed E-state index contributed by atoms with van der Waals surface area (Å²) in [6.07, 6.45) is 6.54. The Morgan fingerprint density at radius 1 is 1.42 bits per heavy atom. The van der Waals surface area contributed by atoms with Crippen LogP contribution in [0.2, 0.25) is 0 Å². The first-order valence-electron chi connectivity index (χ1n) is 8.05. The highest BCUT2D eigenvalue weighted by atomic mass is 32.2. The van der Waals surface area contributed by atoms with Crippen molar-refractivity contribution in [3.05, 3.63) is 23.9 Å². The molecule has 134 valence electrons. The lowest BCUT2D eigenvalue weighted by Crippen LogP contribution is -2.41. The molecule has 1 heterocycles. The van der Waals surface area contributed by atoms with Gasteiger partial charge in [0.15, 0.2) is 0 Å². The zero-order valence-electron chi connectivity index (χ0n) is 13.9. The first kappa shape index (κ1) is 19.0. The minimum atomic E-state index is -0.607. The van der Waals surface area contributed by atoms with Crippen molar-refractivity contribution in [2.45, 2.75) is 25.2 Å². The van der Waals surface area contributed by atoms with Crippen LogP contribution in [0, 0.1) is 0 Å². The van der Waals surface area contributed by atoms with E-state index in [4.69, 9.17) is 4.74 Å². The molecule has 1 unspecified atom stereocenters. The Morgan fingerprint density at radius 3 is 2.88 bits per heavy atom. The first-order chi connectivity index (χ1) is 11.6. The quantitative estimate of drug-likeness (QED) is 0.532. The van der Waals surface area contributed by atoms with Gasteiger partial charge in [-0.05, 0) is 12.5 Å². The molecule has 1 aliphatic carbocycles. The van der Waals surface area contributed by atoms with E-state index >= 15 is 0 Å². The van der Waals surface area contributed by atoms with Crippen molar-refractivity contribution in [1.82, 2.24) is 15.5 Å². The number of allylic oxidation sites excluding steroid dienone is 3. The van der Waals surface area contributed by atoms with Gasteiger partial charge in [-0.15, -0.1) is 11.8 Å². The lowest BCUT2D eigenvalue weighted by Gasteiger charge is -2.22. The second-order valence-corrected chi connectivity index (χ2v) is 6.71. The molecule has 0 aromatic rings. The predicted molar refractivity (Wildman–Crippen MR) is 93.3 cm³/mol. The smallest absolute Gasteiger partial charge is 0.234 e. The molecule has 0 aromatic carbocycles. The van der Waals surface area contributed by atoms with Gasteiger partial charge in [-0.25, -0.2) is 0 Å². The normalized spacial score (nSPS) is 23.3. The summed E-state index contributed by atoms with van der Waals surface area (Å²) in [5, 5.41) is 15.6. The van der Waals surface area contributed by atoms with Crippen LogP contribution in [0.15, 0.2) is 23.9 Å². The van der Waals surface area contributed by atoms with Gasteiger partial charge in [0, 0.05) is 38.9 Å². The van der Waals surface area contributed by atoms with E-state index in [2.05, 4.69) is 10.6 Å². The summed E-state index contributed by atoms with van der Waals surface area (Å²) in [6.45, 7) is 1.81. The zero-order valence-corrected chi connectivity index (χ0v) is 14.7. The van der Waals surface area contributed by atoms with Crippen LogP contribution in [0.4, 0.5) is 0 Å². The largest absolute Gasteiger partial charge is 0.377 e. The fraction of sp³-hybridized carbons (Fsp3) is 0.625. The van der Waals surface area contributed by atoms with Crippen LogP contribution in [-0.2, 0) is 14.3 Å². The summed E-state index contributed by atoms with van der Waals surface area (Å²) in [6, 6.07) is 0. The van der Waals surface area contributed by atoms with Crippen LogP contribution in [0.1, 0.15) is 12.8 Å². The van der Waals surface area contributed by atoms with Gasteiger partial charge in [0.05, 0.1) is 17.6 Å². The molecular weight excluding hydrogens is 330 g/mol. The Hall–Kier alpha value is -1.35. The molecule has 2 amide bonds. The fourth-order valence-electron chi connectivity index (χ4n) is 2.67. The summed E-state index contributed by atoms with van der Waals surface area (Å²) in [5.74, 6) is 0.305. The van der Waals surface area contributed by atoms with E-state index in [1.54, 1.807) is 7.11 Å². The second-order valence-electron chi connectivity index (χ2n) is 5.73. The summed E-state index contributed by atoms with van der Waals surface area (Å²) in [7, 11) is 1.59. The standard InChI is InChI=1S/C16H25N3O4S/c1-23-13-6-8-19(16(13)22)9-7-17-14(20)10-24-11-15(21)18-12-4-2-3-5-12/h2-4,13,16,22H,5-11H2,1H3,(H,17,20)(H,18,21)/t13-,16?/m1/s1. The van der Waals surface area contributed by atoms with Crippen LogP contribution < -0.4 is 10.6 Å². The lowest BCUT2D eigenvalue weighted by atomic mass is 10.3. The van der Waals surface area contributed by atoms with Crippen LogP contribution in [-0.4, -0.2) is 72.4 Å². The highest BCUT2D eigenvalue weighted by molar-refractivity contribution is 8.00. The molecule has 0 aromatic heterocycles. The van der Waals surface area contributed by atoms with Gasteiger partial charge < -0.3 is 20.5 Å². The monoisotopic (exact) mass is 355 g/mol. The van der Waals surface area contributed by atoms with Crippen molar-refractivity contribution in [3.8, 4) is 0 Å². The molecule has 24 heavy (non-hydrogen) atoms. The number of aliphatic hydroxyl groups excluding tert-OH is 1. The number of carbonyl (C=O) groups is 2. The average molecular weight is 355 g/mol. The zero-order chi connectivity index (χ0) is 17.4. The molecule has 0 spiro atoms. The van der Waals surface area contributed by atoms with Gasteiger partial charge in [-0.2, -0.15) is 0 Å². The first-order valence-corrected chi connectivity index (χ1v) is 9.20. The highest BCUT2D eigenvalue weighted by Gasteiger charge is 2.31. The molecular formula is C16H25N3O4S. The van der Waals surface area contributed by atoms with Gasteiger partial charge in [-0.3, -0.25) is 14.5 Å². The van der Waals surface area contributed by atoms with E-state index in [0.29, 0.717) is 13.1 Å². The van der Waals surface area contributed by atoms with Gasteiger partial charge in [0.25, 0.3) is 0 Å². The molecule has 1 saturated heterocycles. The van der Waals surface area contributed by atoms with E-state index in [1.165, 1.54) is 11.8 Å². The number of thioether (sulfide) groups is 1. The molecule has 1 aliphatic heterocycles. The van der Waals surface area contributed by atoms with E-state index in [-0.39, 0.29) is 29.4 Å². The molecule has 0 bridgehead atoms. The number of aliphatic hydroxyl groups is 1. The van der Waals surface area contributed by atoms with Crippen molar-refractivity contribution in [1.29, 1.82) is 0 Å². The van der Waals surface area contributed by atoms with Gasteiger partial charge in [-0.1, -0.05) is 12.2 Å². The Bertz CT molecular complexity index is 510. The highest BCUT2D eigenvalue weighted by Crippen LogP contribution is 2.17. The molecule has 0 radical (unpaired) electrons. The van der Waals surface area contributed by atoms with E-state index in [1.807, 2.05) is 23.1 Å². The number of hydrogen-bond acceptors (Lipinski definition) is 6. The Morgan fingerprint density at radius 2 is 2.21 bits per heavy atom. The maximum Gasteiger partial charge on any atom is 0.234 e. The maximum atomic E-state index is 11.8. The van der Waals surface area contributed by atoms with Crippen molar-refractivity contribution >= 4 is 23.6 Å². The van der Waals surface area contributed by atoms with E-state index in [9.17, 15) is 14.7 Å². The molecule has 2 aliphatic rings. The number of methoxy groups -OCH3 is 1. The van der Waals surface area contributed by atoms with Crippen LogP contribution >= 0.6 is 11.8 Å². The van der Waals surface area contributed by atoms with Crippen molar-refractivity contribution in [2.24, 2.45) is 0 Å². The van der Waals surface area contributed by atoms with Crippen molar-refractivity contribution in [3.63, 3.8) is 0 Å². The van der Waals surface area contributed by atoms with E-state index in [0.717, 1.165) is 25.1 Å². The molecule has 2 rings (SSSR count). The Balaban J connectivity index is 1.51. The van der Waals surface area contributed by atoms with Gasteiger partial charge in [0.1, 0.15) is 6.23 Å². The number of carbonyl (C=O) groups excluding carboxylic acids is 2. The van der Waals surface area contributed by atoms with Crippen LogP contribution in [0.3, 0.4) is 0 Å². The molecule has 0 saturated carbocycles. The number of nitrogens with one attached hydrogen (secondary N) is 2. The number of nitrogens with zero attached hydrogens (tertiary/aromatic N) is 1. The molecule has 8 heteroatoms. The SMILES string of the molecule is CO[C@@H]1CCN(CCNC(=O)CSCC(=O)NC2=CC=CC2)C1O. The molecule has 1 fully saturated rings. The lowest BCUT2D eigenvalue weighted by molar-refractivity contribution is -0.118. The molecule has 2 atom stereocenters. The second kappa shape index (κ2) is 9.83. The summed E-state index contributed by atoms with van der Waals surface area (Å²) in [4.78, 5) is 25.3. The third kappa shape index (κ3) is 5.94. The average Bonchev–Trinajstić information content (AvgIpc) is 3.18. The number of rotatable bonds is 9. The predicted octanol–water partition coefficient (Wildman–Crippen LogP) is -0.165. The number of ether oxygens (including phenoxy) is 1. The third-order valence-electron chi connectivity index (χ3n) is 3.97. The number of likely N-dealkylation sites (tertiary alicyclic amines) is 1. The minimum Gasteiger partial charge on any atom is -0.377 e. The topological polar surface area (TPSA) is 90.9 Å². The van der Waals surface area contributed by atoms with Gasteiger partial charge >= 0.3 is 0 Å². The summed E-state index contributed by atoms with van der Waals surface area (Å²) >= 11 is 1.29. The fourth-order valence-corrected chi connectivity index (χ4v) is 3.32. The molecule has 7 nitrogen and oxygen atoms in total. The number of amides is 2. The number of hydrogen-bond donors (Lipinski definition) is 3. The maximum absolute atomic E-state index is 11.8. The minimum absolute atomic E-state index is 0.0893. The Labute approximate surface area is 146 Å². The van der Waals surface area contributed by atoms with Crippen LogP contribution in [0.25, 0.3) is 0 Å². The molecule has 3 N–H and O–H groups in total. The summed E-state index contributed by atoms with van der Waals surface area (Å²) in [5.41, 5.74) is 0.892. The third-order valence-corrected chi connectivity index (χ3v) is 4.90. The van der Waals surface area contributed by atoms with Crippen molar-refractivity contribution < 1.29 is 19.4 Å². The Kier molecular flexibility index (Phi) is 7.77. The summed E-state index contributed by atoms with van der Waals surface area (Å²) < 4.78 is 5.18. The van der Waals surface area contributed by atoms with Crippen molar-refractivity contribution in [2.75, 3.05) is 38.2 Å². The van der Waals surface area contributed by atoms with E-state index < -0.39 is 6.23 Å².